The Morgan fingerprint density at radius 1 is 1.06 bits per heavy atom. The molecule has 2 fully saturated rings. The molecule has 178 valence electrons. The lowest BCUT2D eigenvalue weighted by molar-refractivity contribution is 0.214. The van der Waals surface area contributed by atoms with Crippen LogP contribution >= 0.6 is 23.1 Å². The van der Waals surface area contributed by atoms with Gasteiger partial charge in [-0.25, -0.2) is 13.1 Å². The van der Waals surface area contributed by atoms with Crippen molar-refractivity contribution in [2.75, 3.05) is 37.6 Å². The molecule has 33 heavy (non-hydrogen) atoms. The highest BCUT2D eigenvalue weighted by Crippen LogP contribution is 2.31. The Kier molecular flexibility index (Phi) is 6.94. The van der Waals surface area contributed by atoms with Crippen LogP contribution in [0.4, 0.5) is 5.82 Å². The first-order chi connectivity index (χ1) is 16.0. The summed E-state index contributed by atoms with van der Waals surface area (Å²) in [6.45, 7) is 5.26. The Morgan fingerprint density at radius 3 is 2.55 bits per heavy atom. The number of piperazine rings is 1. The van der Waals surface area contributed by atoms with Crippen LogP contribution in [0.3, 0.4) is 0 Å². The molecule has 0 unspecified atom stereocenters. The highest BCUT2D eigenvalue weighted by molar-refractivity contribution is 7.89. The lowest BCUT2D eigenvalue weighted by Crippen LogP contribution is -2.47. The van der Waals surface area contributed by atoms with Crippen molar-refractivity contribution < 1.29 is 12.8 Å². The normalized spacial score (nSPS) is 22.8. The number of furan rings is 1. The maximum atomic E-state index is 12.4. The molecule has 2 aromatic heterocycles. The third-order valence-electron chi connectivity index (χ3n) is 6.87. The van der Waals surface area contributed by atoms with Gasteiger partial charge < -0.3 is 9.32 Å². The molecule has 0 atom stereocenters. The van der Waals surface area contributed by atoms with Crippen LogP contribution in [0.5, 0.6) is 0 Å². The van der Waals surface area contributed by atoms with E-state index in [1.165, 1.54) is 28.6 Å². The molecule has 7 nitrogen and oxygen atoms in total. The molecular formula is C23H29ClN4O3S2. The van der Waals surface area contributed by atoms with Crippen molar-refractivity contribution in [3.8, 4) is 0 Å². The fraction of sp³-hybridized carbons (Fsp3) is 0.522. The number of nitrogens with zero attached hydrogens (tertiary/aromatic N) is 3. The number of fused-ring (bicyclic) bond motifs is 1. The van der Waals surface area contributed by atoms with Crippen molar-refractivity contribution in [1.82, 2.24) is 14.0 Å². The van der Waals surface area contributed by atoms with Crippen LogP contribution in [-0.2, 0) is 10.0 Å². The summed E-state index contributed by atoms with van der Waals surface area (Å²) in [7, 11) is -3.64. The maximum absolute atomic E-state index is 12.4. The van der Waals surface area contributed by atoms with Crippen LogP contribution in [-0.4, -0.2) is 56.5 Å². The quantitative estimate of drug-likeness (QED) is 0.502. The third kappa shape index (κ3) is 5.38. The summed E-state index contributed by atoms with van der Waals surface area (Å²) < 4.78 is 38.7. The minimum absolute atomic E-state index is 0.0356. The number of nitrogens with one attached hydrogen (secondary N) is 1. The van der Waals surface area contributed by atoms with Crippen LogP contribution in [0.1, 0.15) is 32.1 Å². The number of hydrogen-bond acceptors (Lipinski definition) is 7. The van der Waals surface area contributed by atoms with Gasteiger partial charge in [-0.05, 0) is 92.0 Å². The van der Waals surface area contributed by atoms with Gasteiger partial charge in [0.1, 0.15) is 5.82 Å². The summed E-state index contributed by atoms with van der Waals surface area (Å²) in [5.41, 5.74) is 0. The van der Waals surface area contributed by atoms with Crippen LogP contribution in [0.2, 0.25) is 5.22 Å². The Bertz CT molecular complexity index is 1180. The van der Waals surface area contributed by atoms with Crippen LogP contribution < -0.4 is 9.62 Å². The Balaban J connectivity index is 1.04. The Morgan fingerprint density at radius 2 is 1.82 bits per heavy atom. The summed E-state index contributed by atoms with van der Waals surface area (Å²) in [6.07, 6.45) is 5.01. The van der Waals surface area contributed by atoms with E-state index in [4.69, 9.17) is 20.4 Å². The van der Waals surface area contributed by atoms with Crippen LogP contribution in [0, 0.1) is 5.92 Å². The van der Waals surface area contributed by atoms with E-state index in [2.05, 4.69) is 38.8 Å². The average Bonchev–Trinajstić information content (AvgIpc) is 3.46. The van der Waals surface area contributed by atoms with Crippen LogP contribution in [0.25, 0.3) is 10.1 Å². The summed E-state index contributed by atoms with van der Waals surface area (Å²) in [5, 5.41) is 1.23. The van der Waals surface area contributed by atoms with E-state index in [0.29, 0.717) is 5.92 Å². The summed E-state index contributed by atoms with van der Waals surface area (Å²) in [4.78, 5) is 4.97. The number of sulfonamides is 1. The smallest absolute Gasteiger partial charge is 0.274 e. The molecule has 1 saturated heterocycles. The molecule has 1 aliphatic heterocycles. The second kappa shape index (κ2) is 9.92. The summed E-state index contributed by atoms with van der Waals surface area (Å²) >= 11 is 7.30. The lowest BCUT2D eigenvalue weighted by atomic mass is 9.84. The Labute approximate surface area is 203 Å². The summed E-state index contributed by atoms with van der Waals surface area (Å²) in [6, 6.07) is 11.3. The minimum atomic E-state index is -3.64. The maximum Gasteiger partial charge on any atom is 0.274 e. The molecule has 0 amide bonds. The monoisotopic (exact) mass is 508 g/mol. The second-order valence-corrected chi connectivity index (χ2v) is 11.8. The van der Waals surface area contributed by atoms with E-state index in [9.17, 15) is 8.42 Å². The van der Waals surface area contributed by atoms with E-state index in [-0.39, 0.29) is 16.4 Å². The van der Waals surface area contributed by atoms with Crippen LogP contribution in [0.15, 0.2) is 45.9 Å². The topological polar surface area (TPSA) is 78.7 Å². The van der Waals surface area contributed by atoms with Gasteiger partial charge >= 0.3 is 0 Å². The number of rotatable bonds is 7. The highest BCUT2D eigenvalue weighted by Gasteiger charge is 2.28. The highest BCUT2D eigenvalue weighted by atomic mass is 35.5. The van der Waals surface area contributed by atoms with Gasteiger partial charge in [-0.15, -0.1) is 0 Å². The first-order valence-electron chi connectivity index (χ1n) is 11.6. The van der Waals surface area contributed by atoms with Gasteiger partial charge in [-0.1, -0.05) is 12.1 Å². The van der Waals surface area contributed by atoms with Gasteiger partial charge in [0, 0.05) is 37.6 Å². The van der Waals surface area contributed by atoms with Gasteiger partial charge in [0.05, 0.1) is 4.70 Å². The van der Waals surface area contributed by atoms with E-state index < -0.39 is 10.0 Å². The zero-order chi connectivity index (χ0) is 22.8. The number of hydrogen-bond donors (Lipinski definition) is 1. The number of anilines is 1. The van der Waals surface area contributed by atoms with Crippen molar-refractivity contribution in [2.45, 2.75) is 43.2 Å². The van der Waals surface area contributed by atoms with Gasteiger partial charge in [0.2, 0.25) is 5.09 Å². The molecule has 1 N–H and O–H groups in total. The zero-order valence-electron chi connectivity index (χ0n) is 18.5. The predicted octanol–water partition coefficient (Wildman–Crippen LogP) is 4.59. The van der Waals surface area contributed by atoms with E-state index in [1.807, 2.05) is 0 Å². The molecule has 0 bridgehead atoms. The average molecular weight is 509 g/mol. The van der Waals surface area contributed by atoms with Crippen molar-refractivity contribution >= 4 is 49.1 Å². The number of aromatic nitrogens is 1. The zero-order valence-corrected chi connectivity index (χ0v) is 20.8. The fourth-order valence-corrected chi connectivity index (χ4v) is 7.16. The first-order valence-corrected chi connectivity index (χ1v) is 14.2. The first kappa shape index (κ1) is 23.1. The minimum Gasteiger partial charge on any atom is -0.432 e. The van der Waals surface area contributed by atoms with E-state index in [0.717, 1.165) is 64.2 Å². The second-order valence-electron chi connectivity index (χ2n) is 9.02. The van der Waals surface area contributed by atoms with Gasteiger partial charge in [0.15, 0.2) is 5.22 Å². The lowest BCUT2D eigenvalue weighted by Gasteiger charge is -2.36. The number of benzene rings is 1. The van der Waals surface area contributed by atoms with Crippen molar-refractivity contribution in [3.63, 3.8) is 0 Å². The third-order valence-corrected chi connectivity index (χ3v) is 9.28. The Hall–Kier alpha value is -1.65. The molecule has 1 aliphatic carbocycles. The van der Waals surface area contributed by atoms with Gasteiger partial charge in [-0.2, -0.15) is 4.37 Å². The molecule has 1 saturated carbocycles. The standard InChI is InChI=1S/C23H29ClN4O3S2/c24-21-9-10-22(31-21)33(29,30)26-18-7-5-17(6-8-18)11-12-27-13-15-28(16-14-27)23-19-3-1-2-4-20(19)32-25-23/h1-4,9-10,17-18,26H,5-8,11-16H2. The molecule has 1 aromatic carbocycles. The molecule has 0 radical (unpaired) electrons. The van der Waals surface area contributed by atoms with Crippen molar-refractivity contribution in [1.29, 1.82) is 0 Å². The molecule has 3 heterocycles. The molecular weight excluding hydrogens is 480 g/mol. The van der Waals surface area contributed by atoms with Gasteiger partial charge in [-0.3, -0.25) is 4.90 Å². The molecule has 3 aromatic rings. The fourth-order valence-electron chi connectivity index (χ4n) is 4.94. The molecule has 0 spiro atoms. The van der Waals surface area contributed by atoms with Crippen molar-refractivity contribution in [2.24, 2.45) is 5.92 Å². The number of halogens is 1. The summed E-state index contributed by atoms with van der Waals surface area (Å²) in [5.74, 6) is 1.79. The van der Waals surface area contributed by atoms with Gasteiger partial charge in [0.25, 0.3) is 10.0 Å². The van der Waals surface area contributed by atoms with E-state index in [1.54, 1.807) is 11.5 Å². The molecule has 10 heteroatoms. The molecule has 5 rings (SSSR count). The molecule has 2 aliphatic rings. The largest absolute Gasteiger partial charge is 0.432 e. The SMILES string of the molecule is O=S(=O)(NC1CCC(CCN2CCN(c3nsc4ccccc34)CC2)CC1)c1ccc(Cl)o1. The predicted molar refractivity (Wildman–Crippen MR) is 133 cm³/mol. The van der Waals surface area contributed by atoms with E-state index >= 15 is 0 Å². The van der Waals surface area contributed by atoms with Crippen molar-refractivity contribution in [3.05, 3.63) is 41.6 Å².